The van der Waals surface area contributed by atoms with Crippen molar-refractivity contribution in [1.29, 1.82) is 0 Å². The van der Waals surface area contributed by atoms with Gasteiger partial charge in [0.2, 0.25) is 11.8 Å². The molecule has 9 heteroatoms. The summed E-state index contributed by atoms with van der Waals surface area (Å²) in [6.07, 6.45) is 0. The quantitative estimate of drug-likeness (QED) is 0.620. The smallest absolute Gasteiger partial charge is 0.253 e. The molecule has 0 aromatic heterocycles. The molecule has 0 aliphatic carbocycles. The van der Waals surface area contributed by atoms with Gasteiger partial charge in [-0.2, -0.15) is 0 Å². The topological polar surface area (TPSA) is 96.4 Å². The highest BCUT2D eigenvalue weighted by atomic mass is 31.2. The van der Waals surface area contributed by atoms with Crippen LogP contribution in [0.25, 0.3) is 0 Å². The van der Waals surface area contributed by atoms with Crippen LogP contribution in [0.15, 0.2) is 48.5 Å². The van der Waals surface area contributed by atoms with E-state index in [1.54, 1.807) is 48.5 Å². The molecule has 2 unspecified atom stereocenters. The van der Waals surface area contributed by atoms with Gasteiger partial charge in [0.05, 0.1) is 14.2 Å². The molecule has 0 radical (unpaired) electrons. The fourth-order valence-electron chi connectivity index (χ4n) is 3.40. The zero-order valence-corrected chi connectivity index (χ0v) is 19.5. The maximum atomic E-state index is 14.1. The van der Waals surface area contributed by atoms with E-state index < -0.39 is 18.9 Å². The summed E-state index contributed by atoms with van der Waals surface area (Å²) in [6, 6.07) is 13.2. The van der Waals surface area contributed by atoms with Crippen LogP contribution in [0.1, 0.15) is 36.5 Å². The maximum absolute atomic E-state index is 14.1. The molecule has 0 spiro atoms. The SMILES string of the molecule is COc1ccc(C(N(C)C(C)=O)P(=O)(O)C(c2ccc(OC)cc2)N(C)C(C)=O)cc1. The van der Waals surface area contributed by atoms with E-state index in [9.17, 15) is 19.0 Å². The van der Waals surface area contributed by atoms with Gasteiger partial charge in [0.25, 0.3) is 7.37 Å². The average molecular weight is 448 g/mol. The van der Waals surface area contributed by atoms with Crippen LogP contribution < -0.4 is 9.47 Å². The number of hydrogen-bond donors (Lipinski definition) is 1. The summed E-state index contributed by atoms with van der Waals surface area (Å²) >= 11 is 0. The van der Waals surface area contributed by atoms with Crippen molar-refractivity contribution in [1.82, 2.24) is 9.80 Å². The lowest BCUT2D eigenvalue weighted by atomic mass is 10.2. The van der Waals surface area contributed by atoms with E-state index in [2.05, 4.69) is 0 Å². The van der Waals surface area contributed by atoms with E-state index in [0.29, 0.717) is 22.6 Å². The van der Waals surface area contributed by atoms with Gasteiger partial charge in [0.15, 0.2) is 0 Å². The zero-order chi connectivity index (χ0) is 23.3. The fraction of sp³-hybridized carbons (Fsp3) is 0.364. The normalized spacial score (nSPS) is 14.7. The van der Waals surface area contributed by atoms with Gasteiger partial charge < -0.3 is 24.2 Å². The van der Waals surface area contributed by atoms with Crippen molar-refractivity contribution in [3.8, 4) is 11.5 Å². The minimum Gasteiger partial charge on any atom is -0.497 e. The van der Waals surface area contributed by atoms with Crippen molar-refractivity contribution in [2.24, 2.45) is 0 Å². The van der Waals surface area contributed by atoms with Crippen LogP contribution in [0.4, 0.5) is 0 Å². The van der Waals surface area contributed by atoms with Gasteiger partial charge >= 0.3 is 0 Å². The van der Waals surface area contributed by atoms with E-state index in [4.69, 9.17) is 9.47 Å². The molecule has 2 aromatic rings. The number of methoxy groups -OCH3 is 2. The molecule has 31 heavy (non-hydrogen) atoms. The number of benzene rings is 2. The first kappa shape index (κ1) is 24.4. The zero-order valence-electron chi connectivity index (χ0n) is 18.6. The molecule has 0 aliphatic rings. The van der Waals surface area contributed by atoms with Crippen LogP contribution in [-0.2, 0) is 14.2 Å². The minimum atomic E-state index is -4.30. The van der Waals surface area contributed by atoms with Crippen LogP contribution in [-0.4, -0.2) is 54.8 Å². The Labute approximate surface area is 182 Å². The Morgan fingerprint density at radius 3 is 1.29 bits per heavy atom. The van der Waals surface area contributed by atoms with Gasteiger partial charge in [0, 0.05) is 27.9 Å². The number of carbonyl (C=O) groups excluding carboxylic acids is 2. The largest absolute Gasteiger partial charge is 0.497 e. The van der Waals surface area contributed by atoms with Gasteiger partial charge in [-0.1, -0.05) is 24.3 Å². The second-order valence-corrected chi connectivity index (χ2v) is 9.55. The molecule has 0 fully saturated rings. The van der Waals surface area contributed by atoms with E-state index in [1.807, 2.05) is 0 Å². The molecule has 0 heterocycles. The lowest BCUT2D eigenvalue weighted by molar-refractivity contribution is -0.128. The number of amides is 2. The maximum Gasteiger partial charge on any atom is 0.253 e. The third kappa shape index (κ3) is 5.27. The molecule has 2 rings (SSSR count). The summed E-state index contributed by atoms with van der Waals surface area (Å²) in [5.74, 6) is -1.96. The van der Waals surface area contributed by atoms with Crippen LogP contribution in [0.5, 0.6) is 11.5 Å². The third-order valence-corrected chi connectivity index (χ3v) is 7.95. The lowest BCUT2D eigenvalue weighted by Crippen LogP contribution is -2.35. The molecule has 0 bridgehead atoms. The van der Waals surface area contributed by atoms with E-state index in [0.717, 1.165) is 0 Å². The predicted molar refractivity (Wildman–Crippen MR) is 118 cm³/mol. The molecular weight excluding hydrogens is 419 g/mol. The standard InChI is InChI=1S/C22H29N2O6P/c1-15(25)23(3)21(17-7-11-19(29-5)12-8-17)31(27,28)22(24(4)16(2)26)18-9-13-20(30-6)14-10-18/h7-14,21-22H,1-6H3,(H,27,28). The van der Waals surface area contributed by atoms with Crippen molar-refractivity contribution < 1.29 is 28.5 Å². The second kappa shape index (κ2) is 9.98. The van der Waals surface area contributed by atoms with Crippen molar-refractivity contribution in [3.63, 3.8) is 0 Å². The molecule has 2 atom stereocenters. The number of nitrogens with zero attached hydrogens (tertiary/aromatic N) is 2. The Hall–Kier alpha value is -2.83. The van der Waals surface area contributed by atoms with E-state index in [-0.39, 0.29) is 11.8 Å². The van der Waals surface area contributed by atoms with Gasteiger partial charge in [0.1, 0.15) is 23.1 Å². The third-order valence-electron chi connectivity index (χ3n) is 5.26. The Morgan fingerprint density at radius 2 is 1.06 bits per heavy atom. The Bertz CT molecular complexity index is 885. The highest BCUT2D eigenvalue weighted by molar-refractivity contribution is 7.58. The van der Waals surface area contributed by atoms with Crippen molar-refractivity contribution in [2.45, 2.75) is 25.4 Å². The molecule has 0 saturated heterocycles. The number of rotatable bonds is 8. The molecule has 0 saturated carbocycles. The fourth-order valence-corrected chi connectivity index (χ4v) is 6.19. The van der Waals surface area contributed by atoms with Crippen LogP contribution in [0.3, 0.4) is 0 Å². The summed E-state index contributed by atoms with van der Waals surface area (Å²) < 4.78 is 24.5. The highest BCUT2D eigenvalue weighted by Crippen LogP contribution is 2.67. The van der Waals surface area contributed by atoms with Crippen LogP contribution in [0.2, 0.25) is 0 Å². The van der Waals surface area contributed by atoms with Crippen molar-refractivity contribution in [2.75, 3.05) is 28.3 Å². The summed E-state index contributed by atoms with van der Waals surface area (Å²) in [5, 5.41) is 0. The Kier molecular flexibility index (Phi) is 7.87. The number of hydrogen-bond acceptors (Lipinski definition) is 5. The highest BCUT2D eigenvalue weighted by Gasteiger charge is 2.46. The predicted octanol–water partition coefficient (Wildman–Crippen LogP) is 3.63. The molecule has 168 valence electrons. The summed E-state index contributed by atoms with van der Waals surface area (Å²) in [6.45, 7) is 2.65. The number of ether oxygens (including phenoxy) is 2. The van der Waals surface area contributed by atoms with Gasteiger partial charge in [-0.05, 0) is 35.4 Å². The molecule has 8 nitrogen and oxygen atoms in total. The summed E-state index contributed by atoms with van der Waals surface area (Å²) in [4.78, 5) is 38.5. The van der Waals surface area contributed by atoms with Crippen molar-refractivity contribution in [3.05, 3.63) is 59.7 Å². The van der Waals surface area contributed by atoms with Crippen molar-refractivity contribution >= 4 is 19.2 Å². The molecule has 1 N–H and O–H groups in total. The molecule has 2 aromatic carbocycles. The Morgan fingerprint density at radius 1 is 0.774 bits per heavy atom. The summed E-state index contributed by atoms with van der Waals surface area (Å²) in [5.41, 5.74) is 0.916. The van der Waals surface area contributed by atoms with Gasteiger partial charge in [-0.25, -0.2) is 0 Å². The molecule has 2 amide bonds. The second-order valence-electron chi connectivity index (χ2n) is 7.23. The Balaban J connectivity index is 2.68. The summed E-state index contributed by atoms with van der Waals surface area (Å²) in [7, 11) is 1.69. The average Bonchev–Trinajstić information content (AvgIpc) is 2.74. The first-order valence-electron chi connectivity index (χ1n) is 9.61. The van der Waals surface area contributed by atoms with Gasteiger partial charge in [-0.15, -0.1) is 0 Å². The molecular formula is C22H29N2O6P. The van der Waals surface area contributed by atoms with E-state index >= 15 is 0 Å². The van der Waals surface area contributed by atoms with E-state index in [1.165, 1.54) is 52.0 Å². The molecule has 0 aliphatic heterocycles. The minimum absolute atomic E-state index is 0.381. The van der Waals surface area contributed by atoms with Gasteiger partial charge in [-0.3, -0.25) is 14.2 Å². The number of carbonyl (C=O) groups is 2. The van der Waals surface area contributed by atoms with Crippen LogP contribution in [0, 0.1) is 0 Å². The van der Waals surface area contributed by atoms with Crippen LogP contribution >= 0.6 is 7.37 Å². The first-order chi connectivity index (χ1) is 14.5. The lowest BCUT2D eigenvalue weighted by Gasteiger charge is -2.39. The monoisotopic (exact) mass is 448 g/mol. The first-order valence-corrected chi connectivity index (χ1v) is 11.4.